The number of nitrogens with two attached hydrogens (primary N) is 1. The van der Waals surface area contributed by atoms with Gasteiger partial charge in [-0.15, -0.1) is 0 Å². The van der Waals surface area contributed by atoms with Crippen molar-refractivity contribution in [3.8, 4) is 0 Å². The van der Waals surface area contributed by atoms with Crippen molar-refractivity contribution >= 4 is 0 Å². The maximum absolute atomic E-state index is 5.78. The fourth-order valence-corrected chi connectivity index (χ4v) is 2.20. The number of rotatable bonds is 9. The Balaban J connectivity index is 2.67. The summed E-state index contributed by atoms with van der Waals surface area (Å²) in [5, 5.41) is 4.57. The van der Waals surface area contributed by atoms with Gasteiger partial charge in [-0.1, -0.05) is 13.3 Å². The Morgan fingerprint density at radius 1 is 1.42 bits per heavy atom. The zero-order chi connectivity index (χ0) is 14.3. The summed E-state index contributed by atoms with van der Waals surface area (Å²) in [6.07, 6.45) is 5.05. The van der Waals surface area contributed by atoms with Gasteiger partial charge in [0.05, 0.1) is 17.8 Å². The van der Waals surface area contributed by atoms with E-state index in [-0.39, 0.29) is 12.1 Å². The molecule has 5 nitrogen and oxygen atoms in total. The summed E-state index contributed by atoms with van der Waals surface area (Å²) in [4.78, 5) is 0. The molecule has 2 atom stereocenters. The molecule has 0 bridgehead atoms. The monoisotopic (exact) mass is 268 g/mol. The number of hydrogen-bond acceptors (Lipinski definition) is 4. The summed E-state index contributed by atoms with van der Waals surface area (Å²) in [5.74, 6) is 5.68. The van der Waals surface area contributed by atoms with E-state index in [9.17, 15) is 0 Å². The maximum Gasteiger partial charge on any atom is 0.0745 e. The van der Waals surface area contributed by atoms with Crippen LogP contribution < -0.4 is 11.3 Å². The minimum Gasteiger partial charge on any atom is -0.377 e. The Kier molecular flexibility index (Phi) is 7.05. The lowest BCUT2D eigenvalue weighted by molar-refractivity contribution is 0.0279. The average molecular weight is 268 g/mol. The van der Waals surface area contributed by atoms with Gasteiger partial charge in [0.15, 0.2) is 0 Å². The van der Waals surface area contributed by atoms with Crippen molar-refractivity contribution in [2.24, 2.45) is 5.84 Å². The second-order valence-corrected chi connectivity index (χ2v) is 5.14. The van der Waals surface area contributed by atoms with Gasteiger partial charge in [-0.25, -0.2) is 0 Å². The van der Waals surface area contributed by atoms with E-state index >= 15 is 0 Å². The highest BCUT2D eigenvalue weighted by molar-refractivity contribution is 5.03. The summed E-state index contributed by atoms with van der Waals surface area (Å²) < 4.78 is 7.76. The van der Waals surface area contributed by atoms with Crippen LogP contribution in [0.3, 0.4) is 0 Å². The zero-order valence-electron chi connectivity index (χ0n) is 12.6. The van der Waals surface area contributed by atoms with Crippen molar-refractivity contribution in [3.63, 3.8) is 0 Å². The summed E-state index contributed by atoms with van der Waals surface area (Å²) >= 11 is 0. The zero-order valence-corrected chi connectivity index (χ0v) is 12.6. The molecule has 0 amide bonds. The summed E-state index contributed by atoms with van der Waals surface area (Å²) in [5.41, 5.74) is 3.94. The van der Waals surface area contributed by atoms with Gasteiger partial charge in [-0.05, 0) is 33.3 Å². The SMILES string of the molecule is CCCC(OCC)C(Cc1ccn(C(C)C)n1)NN. The highest BCUT2D eigenvalue weighted by atomic mass is 16.5. The van der Waals surface area contributed by atoms with Crippen LogP contribution in [0, 0.1) is 0 Å². The van der Waals surface area contributed by atoms with Gasteiger partial charge in [0.1, 0.15) is 0 Å². The Morgan fingerprint density at radius 2 is 2.16 bits per heavy atom. The molecule has 0 radical (unpaired) electrons. The molecule has 5 heteroatoms. The number of aromatic nitrogens is 2. The molecule has 3 N–H and O–H groups in total. The number of nitrogens with zero attached hydrogens (tertiary/aromatic N) is 2. The minimum atomic E-state index is 0.107. The Labute approximate surface area is 116 Å². The molecule has 1 heterocycles. The number of hydrogen-bond donors (Lipinski definition) is 2. The van der Waals surface area contributed by atoms with Crippen LogP contribution in [-0.2, 0) is 11.2 Å². The number of hydrazine groups is 1. The fraction of sp³-hybridized carbons (Fsp3) is 0.786. The third-order valence-corrected chi connectivity index (χ3v) is 3.24. The second-order valence-electron chi connectivity index (χ2n) is 5.14. The Bertz CT molecular complexity index is 345. The highest BCUT2D eigenvalue weighted by Gasteiger charge is 2.21. The second kappa shape index (κ2) is 8.30. The van der Waals surface area contributed by atoms with Crippen molar-refractivity contribution < 1.29 is 4.74 Å². The van der Waals surface area contributed by atoms with E-state index in [1.165, 1.54) is 0 Å². The first-order valence-electron chi connectivity index (χ1n) is 7.24. The van der Waals surface area contributed by atoms with Gasteiger partial charge in [0.25, 0.3) is 0 Å². The molecule has 19 heavy (non-hydrogen) atoms. The van der Waals surface area contributed by atoms with Crippen LogP contribution >= 0.6 is 0 Å². The van der Waals surface area contributed by atoms with Crippen LogP contribution in [0.2, 0.25) is 0 Å². The fourth-order valence-electron chi connectivity index (χ4n) is 2.20. The molecule has 0 spiro atoms. The van der Waals surface area contributed by atoms with Crippen molar-refractivity contribution in [1.82, 2.24) is 15.2 Å². The average Bonchev–Trinajstić information content (AvgIpc) is 2.84. The number of nitrogens with one attached hydrogen (secondary N) is 1. The van der Waals surface area contributed by atoms with E-state index < -0.39 is 0 Å². The van der Waals surface area contributed by atoms with Crippen molar-refractivity contribution in [3.05, 3.63) is 18.0 Å². The van der Waals surface area contributed by atoms with Gasteiger partial charge in [0, 0.05) is 25.3 Å². The molecule has 0 aliphatic carbocycles. The predicted molar refractivity (Wildman–Crippen MR) is 77.7 cm³/mol. The molecule has 0 aliphatic rings. The van der Waals surface area contributed by atoms with Crippen LogP contribution in [0.15, 0.2) is 12.3 Å². The molecule has 1 rings (SSSR count). The van der Waals surface area contributed by atoms with E-state index in [0.717, 1.165) is 25.0 Å². The topological polar surface area (TPSA) is 65.1 Å². The molecule has 0 aromatic carbocycles. The predicted octanol–water partition coefficient (Wildman–Crippen LogP) is 2.04. The highest BCUT2D eigenvalue weighted by Crippen LogP contribution is 2.13. The third kappa shape index (κ3) is 4.93. The van der Waals surface area contributed by atoms with Crippen molar-refractivity contribution in [2.45, 2.75) is 65.1 Å². The first-order chi connectivity index (χ1) is 9.12. The van der Waals surface area contributed by atoms with Crippen molar-refractivity contribution in [1.29, 1.82) is 0 Å². The quantitative estimate of drug-likeness (QED) is 0.531. The first-order valence-corrected chi connectivity index (χ1v) is 7.24. The molecule has 110 valence electrons. The van der Waals surface area contributed by atoms with Gasteiger partial charge in [-0.2, -0.15) is 5.10 Å². The van der Waals surface area contributed by atoms with E-state index in [4.69, 9.17) is 10.6 Å². The molecular formula is C14H28N4O. The van der Waals surface area contributed by atoms with E-state index in [1.54, 1.807) is 0 Å². The number of ether oxygens (including phenoxy) is 1. The normalized spacial score (nSPS) is 14.8. The smallest absolute Gasteiger partial charge is 0.0745 e. The van der Waals surface area contributed by atoms with Crippen LogP contribution in [0.4, 0.5) is 0 Å². The van der Waals surface area contributed by atoms with Gasteiger partial charge >= 0.3 is 0 Å². The summed E-state index contributed by atoms with van der Waals surface area (Å²) in [6, 6.07) is 2.55. The van der Waals surface area contributed by atoms with Crippen LogP contribution in [0.1, 0.15) is 52.3 Å². The molecule has 0 saturated heterocycles. The Morgan fingerprint density at radius 3 is 2.63 bits per heavy atom. The Hall–Kier alpha value is -0.910. The third-order valence-electron chi connectivity index (χ3n) is 3.24. The molecular weight excluding hydrogens is 240 g/mol. The molecule has 2 unspecified atom stereocenters. The van der Waals surface area contributed by atoms with Gasteiger partial charge in [-0.3, -0.25) is 16.0 Å². The van der Waals surface area contributed by atoms with E-state index in [2.05, 4.69) is 37.4 Å². The first kappa shape index (κ1) is 16.1. The van der Waals surface area contributed by atoms with Gasteiger partial charge < -0.3 is 4.74 Å². The molecule has 1 aromatic heterocycles. The largest absolute Gasteiger partial charge is 0.377 e. The van der Waals surface area contributed by atoms with E-state index in [1.807, 2.05) is 17.8 Å². The molecule has 0 saturated carbocycles. The molecule has 0 fully saturated rings. The summed E-state index contributed by atoms with van der Waals surface area (Å²) in [7, 11) is 0. The van der Waals surface area contributed by atoms with Crippen molar-refractivity contribution in [2.75, 3.05) is 6.61 Å². The molecule has 0 aliphatic heterocycles. The van der Waals surface area contributed by atoms with Crippen LogP contribution in [-0.4, -0.2) is 28.5 Å². The van der Waals surface area contributed by atoms with Gasteiger partial charge in [0.2, 0.25) is 0 Å². The maximum atomic E-state index is 5.78. The lowest BCUT2D eigenvalue weighted by Gasteiger charge is -2.25. The standard InChI is InChI=1S/C14H28N4O/c1-5-7-14(19-6-2)13(16-15)10-12-8-9-18(17-12)11(3)4/h8-9,11,13-14,16H,5-7,10,15H2,1-4H3. The lowest BCUT2D eigenvalue weighted by Crippen LogP contribution is -2.46. The van der Waals surface area contributed by atoms with Crippen LogP contribution in [0.25, 0.3) is 0 Å². The molecule has 1 aromatic rings. The lowest BCUT2D eigenvalue weighted by atomic mass is 10.0. The van der Waals surface area contributed by atoms with E-state index in [0.29, 0.717) is 12.6 Å². The minimum absolute atomic E-state index is 0.107. The van der Waals surface area contributed by atoms with Crippen LogP contribution in [0.5, 0.6) is 0 Å². The summed E-state index contributed by atoms with van der Waals surface area (Å²) in [6.45, 7) is 9.13.